The Balaban J connectivity index is 2.53. The van der Waals surface area contributed by atoms with Gasteiger partial charge >= 0.3 is 46.0 Å². The maximum atomic E-state index is 14.0. The van der Waals surface area contributed by atoms with E-state index in [1.54, 1.807) is 0 Å². The van der Waals surface area contributed by atoms with Crippen molar-refractivity contribution in [1.29, 1.82) is 0 Å². The second-order valence-electron chi connectivity index (χ2n) is 7.31. The van der Waals surface area contributed by atoms with Crippen LogP contribution in [0.2, 0.25) is 0 Å². The van der Waals surface area contributed by atoms with E-state index in [-0.39, 0.29) is 0 Å². The number of hydrogen-bond acceptors (Lipinski definition) is 2. The van der Waals surface area contributed by atoms with E-state index in [2.05, 4.69) is 0 Å². The summed E-state index contributed by atoms with van der Waals surface area (Å²) in [6.45, 7) is 0. The monoisotopic (exact) mass is 618 g/mol. The first-order valence-electron chi connectivity index (χ1n) is 9.41. The van der Waals surface area contributed by atoms with Crippen LogP contribution in [0.25, 0.3) is 0 Å². The highest BCUT2D eigenvalue weighted by atomic mass is 32.2. The summed E-state index contributed by atoms with van der Waals surface area (Å²) in [7, 11) is 0. The van der Waals surface area contributed by atoms with Gasteiger partial charge in [-0.15, -0.1) is 0 Å². The lowest BCUT2D eigenvalue weighted by atomic mass is 9.91. The van der Waals surface area contributed by atoms with Crippen LogP contribution in [0.1, 0.15) is 0 Å². The predicted molar refractivity (Wildman–Crippen MR) is 104 cm³/mol. The largest absolute Gasteiger partial charge is 0.388 e. The van der Waals surface area contributed by atoms with Gasteiger partial charge in [-0.05, 0) is 47.8 Å². The number of halogens is 16. The van der Waals surface area contributed by atoms with E-state index in [4.69, 9.17) is 0 Å². The summed E-state index contributed by atoms with van der Waals surface area (Å²) in [5.74, 6) is -48.5. The van der Waals surface area contributed by atoms with E-state index >= 15 is 0 Å². The molecule has 2 rings (SSSR count). The van der Waals surface area contributed by atoms with Crippen LogP contribution >= 0.6 is 23.5 Å². The molecular formula is C20H10F16S2. The van der Waals surface area contributed by atoms with Crippen LogP contribution in [0.3, 0.4) is 0 Å². The lowest BCUT2D eigenvalue weighted by Crippen LogP contribution is -2.74. The first-order chi connectivity index (χ1) is 16.9. The van der Waals surface area contributed by atoms with Crippen LogP contribution < -0.4 is 0 Å². The van der Waals surface area contributed by atoms with E-state index < -0.39 is 79.4 Å². The molecule has 0 atom stereocenters. The zero-order valence-corrected chi connectivity index (χ0v) is 19.3. The molecule has 0 spiro atoms. The third kappa shape index (κ3) is 4.90. The standard InChI is InChI=1S/C20H10F16S2/c21-13(22,15(25,26)17(29,30)19(33,34)37-11-7-3-1-4-8-11)14(23,24)16(27,28)18(31,32)20(35,36)38-12-9-5-2-6-10-12/h1-10H. The molecule has 0 amide bonds. The lowest BCUT2D eigenvalue weighted by molar-refractivity contribution is -0.443. The van der Waals surface area contributed by atoms with Gasteiger partial charge < -0.3 is 0 Å². The van der Waals surface area contributed by atoms with Crippen molar-refractivity contribution in [3.05, 3.63) is 60.7 Å². The molecule has 0 aliphatic carbocycles. The Bertz CT molecular complexity index is 999. The molecule has 0 radical (unpaired) electrons. The fourth-order valence-corrected chi connectivity index (χ4v) is 4.25. The van der Waals surface area contributed by atoms with E-state index in [9.17, 15) is 70.2 Å². The van der Waals surface area contributed by atoms with Crippen LogP contribution in [0.4, 0.5) is 70.2 Å². The van der Waals surface area contributed by atoms with Crippen molar-refractivity contribution in [2.75, 3.05) is 0 Å². The third-order valence-electron chi connectivity index (χ3n) is 4.68. The molecule has 214 valence electrons. The topological polar surface area (TPSA) is 0 Å². The molecular weight excluding hydrogens is 608 g/mol. The van der Waals surface area contributed by atoms with Crippen molar-refractivity contribution in [3.63, 3.8) is 0 Å². The van der Waals surface area contributed by atoms with Gasteiger partial charge in [0, 0.05) is 9.79 Å². The Morgan fingerprint density at radius 2 is 0.526 bits per heavy atom. The summed E-state index contributed by atoms with van der Waals surface area (Å²) in [6.07, 6.45) is 0. The quantitative estimate of drug-likeness (QED) is 0.182. The van der Waals surface area contributed by atoms with Crippen LogP contribution in [0, 0.1) is 0 Å². The van der Waals surface area contributed by atoms with Gasteiger partial charge in [-0.3, -0.25) is 0 Å². The van der Waals surface area contributed by atoms with Crippen LogP contribution in [0.15, 0.2) is 70.5 Å². The van der Waals surface area contributed by atoms with Gasteiger partial charge in [0.2, 0.25) is 0 Å². The zero-order valence-electron chi connectivity index (χ0n) is 17.6. The van der Waals surface area contributed by atoms with Crippen molar-refractivity contribution >= 4 is 23.5 Å². The van der Waals surface area contributed by atoms with Crippen molar-refractivity contribution in [2.24, 2.45) is 0 Å². The second kappa shape index (κ2) is 9.89. The van der Waals surface area contributed by atoms with Gasteiger partial charge in [-0.1, -0.05) is 36.4 Å². The molecule has 0 nitrogen and oxygen atoms in total. The molecule has 0 aromatic heterocycles. The minimum Gasteiger partial charge on any atom is -0.192 e. The molecule has 18 heteroatoms. The fraction of sp³-hybridized carbons (Fsp3) is 0.400. The number of hydrogen-bond donors (Lipinski definition) is 0. The summed E-state index contributed by atoms with van der Waals surface area (Å²) in [5, 5.41) is -12.9. The van der Waals surface area contributed by atoms with Gasteiger partial charge in [-0.2, -0.15) is 70.2 Å². The highest BCUT2D eigenvalue weighted by Gasteiger charge is 2.95. The maximum absolute atomic E-state index is 14.0. The molecule has 0 N–H and O–H groups in total. The molecule has 2 aromatic carbocycles. The highest BCUT2D eigenvalue weighted by Crippen LogP contribution is 2.66. The molecule has 38 heavy (non-hydrogen) atoms. The van der Waals surface area contributed by atoms with E-state index in [1.807, 2.05) is 0 Å². The van der Waals surface area contributed by atoms with Crippen LogP contribution in [-0.4, -0.2) is 46.0 Å². The zero-order chi connectivity index (χ0) is 29.6. The number of thioether (sulfide) groups is 2. The number of benzene rings is 2. The molecule has 0 fully saturated rings. The van der Waals surface area contributed by atoms with Gasteiger partial charge in [0.25, 0.3) is 0 Å². The minimum atomic E-state index is -8.44. The Kier molecular flexibility index (Phi) is 8.39. The van der Waals surface area contributed by atoms with Crippen molar-refractivity contribution in [2.45, 2.75) is 55.8 Å². The summed E-state index contributed by atoms with van der Waals surface area (Å²) >= 11 is -3.15. The van der Waals surface area contributed by atoms with Crippen molar-refractivity contribution in [3.8, 4) is 0 Å². The summed E-state index contributed by atoms with van der Waals surface area (Å²) in [4.78, 5) is -2.03. The average molecular weight is 618 g/mol. The first kappa shape index (κ1) is 32.2. The summed E-state index contributed by atoms with van der Waals surface area (Å²) in [5.41, 5.74) is 0. The maximum Gasteiger partial charge on any atom is 0.388 e. The summed E-state index contributed by atoms with van der Waals surface area (Å²) < 4.78 is 224. The van der Waals surface area contributed by atoms with Crippen LogP contribution in [0.5, 0.6) is 0 Å². The molecule has 0 aliphatic heterocycles. The van der Waals surface area contributed by atoms with Gasteiger partial charge in [0.15, 0.2) is 0 Å². The molecule has 0 unspecified atom stereocenters. The lowest BCUT2D eigenvalue weighted by Gasteiger charge is -2.43. The molecule has 0 saturated heterocycles. The highest BCUT2D eigenvalue weighted by molar-refractivity contribution is 8.00. The van der Waals surface area contributed by atoms with E-state index in [0.717, 1.165) is 36.4 Å². The number of rotatable bonds is 11. The van der Waals surface area contributed by atoms with Crippen molar-refractivity contribution in [1.82, 2.24) is 0 Å². The predicted octanol–water partition coefficient (Wildman–Crippen LogP) is 9.57. The van der Waals surface area contributed by atoms with Crippen LogP contribution in [-0.2, 0) is 0 Å². The third-order valence-corrected chi connectivity index (χ3v) is 6.72. The molecule has 0 aliphatic rings. The molecule has 0 heterocycles. The molecule has 0 saturated carbocycles. The van der Waals surface area contributed by atoms with Crippen molar-refractivity contribution < 1.29 is 70.2 Å². The van der Waals surface area contributed by atoms with Gasteiger partial charge in [0.1, 0.15) is 0 Å². The Morgan fingerprint density at radius 3 is 0.763 bits per heavy atom. The molecule has 0 bridgehead atoms. The Labute approximate surface area is 210 Å². The molecule has 2 aromatic rings. The van der Waals surface area contributed by atoms with E-state index in [0.29, 0.717) is 24.3 Å². The van der Waals surface area contributed by atoms with E-state index in [1.165, 1.54) is 0 Å². The SMILES string of the molecule is FC(F)(Sc1ccccc1)C(F)(F)C(F)(F)C(F)(F)C(F)(F)C(F)(F)C(F)(F)C(F)(F)Sc1ccccc1. The Hall–Kier alpha value is -1.98. The minimum absolute atomic E-state index is 0.556. The summed E-state index contributed by atoms with van der Waals surface area (Å²) in [6, 6.07) is 7.89. The fourth-order valence-electron chi connectivity index (χ4n) is 2.56. The second-order valence-corrected chi connectivity index (χ2v) is 9.69. The number of alkyl halides is 16. The Morgan fingerprint density at radius 1 is 0.316 bits per heavy atom. The van der Waals surface area contributed by atoms with Gasteiger partial charge in [0.05, 0.1) is 0 Å². The van der Waals surface area contributed by atoms with Gasteiger partial charge in [-0.25, -0.2) is 0 Å². The average Bonchev–Trinajstić information content (AvgIpc) is 2.79. The first-order valence-corrected chi connectivity index (χ1v) is 11.0. The normalized spacial score (nSPS) is 15.1. The smallest absolute Gasteiger partial charge is 0.192 e.